The SMILES string of the molecule is CC#Cc1cc(C)c(C2C(=O)CC3(CCC(C(=O)NC)CC3)CC2=O)c(C)c1. The Hall–Kier alpha value is -2.41. The van der Waals surface area contributed by atoms with Gasteiger partial charge in [0.15, 0.2) is 0 Å². The third-order valence-corrected chi connectivity index (χ3v) is 6.56. The lowest BCUT2D eigenvalue weighted by Gasteiger charge is -2.43. The van der Waals surface area contributed by atoms with E-state index >= 15 is 0 Å². The van der Waals surface area contributed by atoms with Crippen LogP contribution in [-0.4, -0.2) is 24.5 Å². The number of carbonyl (C=O) groups excluding carboxylic acids is 3. The highest BCUT2D eigenvalue weighted by Gasteiger charge is 2.48. The fourth-order valence-electron chi connectivity index (χ4n) is 5.20. The summed E-state index contributed by atoms with van der Waals surface area (Å²) >= 11 is 0. The maximum absolute atomic E-state index is 13.1. The number of hydrogen-bond donors (Lipinski definition) is 1. The van der Waals surface area contributed by atoms with Crippen molar-refractivity contribution in [3.05, 3.63) is 34.4 Å². The molecule has 1 amide bonds. The Morgan fingerprint density at radius 1 is 1.07 bits per heavy atom. The van der Waals surface area contributed by atoms with Gasteiger partial charge in [0.1, 0.15) is 17.5 Å². The predicted molar refractivity (Wildman–Crippen MR) is 109 cm³/mol. The van der Waals surface area contributed by atoms with Crippen molar-refractivity contribution < 1.29 is 14.4 Å². The average molecular weight is 380 g/mol. The van der Waals surface area contributed by atoms with Crippen molar-refractivity contribution in [1.82, 2.24) is 5.32 Å². The second-order valence-electron chi connectivity index (χ2n) is 8.51. The Balaban J connectivity index is 1.82. The van der Waals surface area contributed by atoms with Crippen molar-refractivity contribution in [3.63, 3.8) is 0 Å². The van der Waals surface area contributed by atoms with E-state index in [4.69, 9.17) is 0 Å². The number of carbonyl (C=O) groups is 3. The third kappa shape index (κ3) is 3.76. The van der Waals surface area contributed by atoms with Crippen LogP contribution in [0.25, 0.3) is 0 Å². The molecule has 0 saturated heterocycles. The Morgan fingerprint density at radius 2 is 1.61 bits per heavy atom. The zero-order valence-corrected chi connectivity index (χ0v) is 17.3. The quantitative estimate of drug-likeness (QED) is 0.631. The molecule has 2 aliphatic rings. The highest BCUT2D eigenvalue weighted by molar-refractivity contribution is 6.10. The minimum Gasteiger partial charge on any atom is -0.359 e. The summed E-state index contributed by atoms with van der Waals surface area (Å²) in [6, 6.07) is 3.94. The van der Waals surface area contributed by atoms with Crippen LogP contribution in [0, 0.1) is 37.0 Å². The van der Waals surface area contributed by atoms with Crippen LogP contribution in [-0.2, 0) is 14.4 Å². The summed E-state index contributed by atoms with van der Waals surface area (Å²) in [7, 11) is 1.66. The summed E-state index contributed by atoms with van der Waals surface area (Å²) in [5.41, 5.74) is 3.46. The van der Waals surface area contributed by atoms with Crippen molar-refractivity contribution in [2.24, 2.45) is 11.3 Å². The van der Waals surface area contributed by atoms with Crippen molar-refractivity contribution in [1.29, 1.82) is 0 Å². The minimum atomic E-state index is -0.647. The van der Waals surface area contributed by atoms with Crippen LogP contribution in [0.15, 0.2) is 12.1 Å². The van der Waals surface area contributed by atoms with E-state index in [-0.39, 0.29) is 28.8 Å². The van der Waals surface area contributed by atoms with Gasteiger partial charge in [-0.2, -0.15) is 0 Å². The topological polar surface area (TPSA) is 63.2 Å². The van der Waals surface area contributed by atoms with Gasteiger partial charge in [-0.05, 0) is 80.7 Å². The van der Waals surface area contributed by atoms with Crippen LogP contribution in [0.5, 0.6) is 0 Å². The molecule has 28 heavy (non-hydrogen) atoms. The minimum absolute atomic E-state index is 0.00950. The monoisotopic (exact) mass is 379 g/mol. The van der Waals surface area contributed by atoms with Gasteiger partial charge in [-0.15, -0.1) is 5.92 Å². The van der Waals surface area contributed by atoms with Gasteiger partial charge < -0.3 is 5.32 Å². The Bertz CT molecular complexity index is 836. The molecule has 2 fully saturated rings. The zero-order chi connectivity index (χ0) is 20.5. The molecule has 1 aromatic rings. The van der Waals surface area contributed by atoms with Crippen molar-refractivity contribution in [2.45, 2.75) is 65.2 Å². The fraction of sp³-hybridized carbons (Fsp3) is 0.542. The second kappa shape index (κ2) is 7.91. The molecule has 0 radical (unpaired) electrons. The van der Waals surface area contributed by atoms with Gasteiger partial charge in [-0.25, -0.2) is 0 Å². The first-order valence-corrected chi connectivity index (χ1v) is 10.1. The highest BCUT2D eigenvalue weighted by atomic mass is 16.2. The van der Waals surface area contributed by atoms with E-state index in [9.17, 15) is 14.4 Å². The van der Waals surface area contributed by atoms with Crippen LogP contribution in [0.3, 0.4) is 0 Å². The van der Waals surface area contributed by atoms with E-state index in [1.807, 2.05) is 26.0 Å². The van der Waals surface area contributed by atoms with E-state index in [0.717, 1.165) is 47.9 Å². The normalized spacial score (nSPS) is 27.3. The van der Waals surface area contributed by atoms with Crippen LogP contribution < -0.4 is 5.32 Å². The van der Waals surface area contributed by atoms with Gasteiger partial charge in [0.05, 0.1) is 0 Å². The Kier molecular flexibility index (Phi) is 5.74. The number of benzene rings is 1. The highest BCUT2D eigenvalue weighted by Crippen LogP contribution is 2.50. The fourth-order valence-corrected chi connectivity index (χ4v) is 5.20. The van der Waals surface area contributed by atoms with Crippen molar-refractivity contribution in [2.75, 3.05) is 7.05 Å². The van der Waals surface area contributed by atoms with Gasteiger partial charge in [-0.1, -0.05) is 5.92 Å². The Morgan fingerprint density at radius 3 is 2.07 bits per heavy atom. The largest absolute Gasteiger partial charge is 0.359 e. The molecule has 4 nitrogen and oxygen atoms in total. The summed E-state index contributed by atoms with van der Waals surface area (Å²) in [4.78, 5) is 38.2. The molecule has 1 aromatic carbocycles. The first-order valence-electron chi connectivity index (χ1n) is 10.1. The third-order valence-electron chi connectivity index (χ3n) is 6.56. The standard InChI is InChI=1S/C24H29NO3/c1-5-6-17-11-15(2)21(16(3)12-17)22-19(26)13-24(14-20(22)27)9-7-18(8-10-24)23(28)25-4/h11-12,18,22H,7-10,13-14H2,1-4H3,(H,25,28). The molecule has 0 aromatic heterocycles. The first kappa shape index (κ1) is 20.3. The summed E-state index contributed by atoms with van der Waals surface area (Å²) < 4.78 is 0. The molecular formula is C24H29NO3. The molecule has 1 N–H and O–H groups in total. The molecule has 3 rings (SSSR count). The van der Waals surface area contributed by atoms with E-state index in [1.54, 1.807) is 14.0 Å². The second-order valence-corrected chi connectivity index (χ2v) is 8.51. The molecule has 0 aliphatic heterocycles. The molecule has 2 aliphatic carbocycles. The number of hydrogen-bond acceptors (Lipinski definition) is 3. The predicted octanol–water partition coefficient (Wildman–Crippen LogP) is 3.61. The molecule has 0 atom stereocenters. The van der Waals surface area contributed by atoms with Crippen LogP contribution in [0.1, 0.15) is 73.6 Å². The molecule has 148 valence electrons. The maximum atomic E-state index is 13.1. The van der Waals surface area contributed by atoms with Crippen LogP contribution in [0.4, 0.5) is 0 Å². The number of ketones is 2. The van der Waals surface area contributed by atoms with E-state index in [1.165, 1.54) is 0 Å². The van der Waals surface area contributed by atoms with E-state index < -0.39 is 5.92 Å². The van der Waals surface area contributed by atoms with Crippen LogP contribution >= 0.6 is 0 Å². The lowest BCUT2D eigenvalue weighted by atomic mass is 9.59. The summed E-state index contributed by atoms with van der Waals surface area (Å²) in [6.07, 6.45) is 3.95. The van der Waals surface area contributed by atoms with Gasteiger partial charge in [0.2, 0.25) is 5.91 Å². The number of nitrogens with one attached hydrogen (secondary N) is 1. The molecule has 1 spiro atoms. The van der Waals surface area contributed by atoms with Gasteiger partial charge >= 0.3 is 0 Å². The summed E-state index contributed by atoms with van der Waals surface area (Å²) in [5.74, 6) is 5.46. The van der Waals surface area contributed by atoms with Gasteiger partial charge in [0, 0.05) is 31.4 Å². The van der Waals surface area contributed by atoms with E-state index in [0.29, 0.717) is 12.8 Å². The van der Waals surface area contributed by atoms with Gasteiger partial charge in [-0.3, -0.25) is 14.4 Å². The maximum Gasteiger partial charge on any atom is 0.222 e. The lowest BCUT2D eigenvalue weighted by Crippen LogP contribution is -2.43. The molecule has 0 bridgehead atoms. The summed E-state index contributed by atoms with van der Waals surface area (Å²) in [6.45, 7) is 5.72. The summed E-state index contributed by atoms with van der Waals surface area (Å²) in [5, 5.41) is 2.72. The van der Waals surface area contributed by atoms with Crippen molar-refractivity contribution >= 4 is 17.5 Å². The lowest BCUT2D eigenvalue weighted by molar-refractivity contribution is -0.138. The Labute approximate surface area is 167 Å². The first-order chi connectivity index (χ1) is 13.3. The molecular weight excluding hydrogens is 350 g/mol. The van der Waals surface area contributed by atoms with Gasteiger partial charge in [0.25, 0.3) is 0 Å². The molecule has 0 heterocycles. The number of amides is 1. The number of Topliss-reactive ketones (excluding diaryl/α,β-unsaturated/α-hetero) is 2. The molecule has 4 heteroatoms. The van der Waals surface area contributed by atoms with Crippen molar-refractivity contribution in [3.8, 4) is 11.8 Å². The molecule has 2 saturated carbocycles. The number of aryl methyl sites for hydroxylation is 2. The molecule has 0 unspecified atom stereocenters. The zero-order valence-electron chi connectivity index (χ0n) is 17.3. The number of rotatable bonds is 2. The smallest absolute Gasteiger partial charge is 0.222 e. The average Bonchev–Trinajstić information content (AvgIpc) is 2.63. The van der Waals surface area contributed by atoms with Crippen LogP contribution in [0.2, 0.25) is 0 Å². The van der Waals surface area contributed by atoms with E-state index in [2.05, 4.69) is 17.2 Å².